The number of rotatable bonds is 10. The molecule has 0 bridgehead atoms. The van der Waals surface area contributed by atoms with E-state index in [1.807, 2.05) is 87.5 Å². The van der Waals surface area contributed by atoms with Gasteiger partial charge in [-0.2, -0.15) is 0 Å². The highest BCUT2D eigenvalue weighted by atomic mass is 19.1. The maximum Gasteiger partial charge on any atom is 0.408 e. The normalized spacial score (nSPS) is 12.4. The number of esters is 1. The molecule has 0 saturated carbocycles. The van der Waals surface area contributed by atoms with Gasteiger partial charge in [-0.05, 0) is 107 Å². The minimum absolute atomic E-state index is 0.0704. The molecule has 0 aliphatic heterocycles. The molecule has 0 aliphatic rings. The van der Waals surface area contributed by atoms with E-state index in [2.05, 4.69) is 10.3 Å². The minimum atomic E-state index is -0.677. The molecule has 0 aliphatic carbocycles. The molecule has 4 rings (SSSR count). The maximum absolute atomic E-state index is 16.2. The first kappa shape index (κ1) is 34.9. The topological polar surface area (TPSA) is 86.8 Å². The fourth-order valence-electron chi connectivity index (χ4n) is 4.87. The van der Waals surface area contributed by atoms with Gasteiger partial charge < -0.3 is 19.5 Å². The summed E-state index contributed by atoms with van der Waals surface area (Å²) in [5.41, 5.74) is 3.40. The molecule has 0 fully saturated rings. The zero-order valence-electron chi connectivity index (χ0n) is 28.1. The Morgan fingerprint density at radius 1 is 0.851 bits per heavy atom. The van der Waals surface area contributed by atoms with Crippen LogP contribution in [0.15, 0.2) is 85.2 Å². The lowest BCUT2D eigenvalue weighted by atomic mass is 9.95. The van der Waals surface area contributed by atoms with Crippen LogP contribution < -0.4 is 10.1 Å². The predicted octanol–water partition coefficient (Wildman–Crippen LogP) is 9.11. The van der Waals surface area contributed by atoms with E-state index in [1.54, 1.807) is 58.3 Å². The van der Waals surface area contributed by atoms with Gasteiger partial charge in [0, 0.05) is 29.1 Å². The second-order valence-corrected chi connectivity index (χ2v) is 13.3. The van der Waals surface area contributed by atoms with Crippen molar-refractivity contribution in [3.63, 3.8) is 0 Å². The molecule has 0 saturated heterocycles. The van der Waals surface area contributed by atoms with Gasteiger partial charge in [-0.15, -0.1) is 0 Å². The van der Waals surface area contributed by atoms with E-state index in [9.17, 15) is 9.59 Å². The van der Waals surface area contributed by atoms with Crippen molar-refractivity contribution >= 4 is 24.2 Å². The molecule has 47 heavy (non-hydrogen) atoms. The van der Waals surface area contributed by atoms with E-state index in [4.69, 9.17) is 14.2 Å². The number of halogens is 1. The fraction of sp³-hybridized carbons (Fsp3) is 0.308. The van der Waals surface area contributed by atoms with Crippen molar-refractivity contribution in [1.82, 2.24) is 10.3 Å². The molecule has 1 aromatic heterocycles. The number of hydrogen-bond donors (Lipinski definition) is 1. The number of alkyl carbamates (subject to hydrolysis) is 1. The van der Waals surface area contributed by atoms with Crippen molar-refractivity contribution in [3.05, 3.63) is 119 Å². The van der Waals surface area contributed by atoms with Crippen LogP contribution in [0.3, 0.4) is 0 Å². The summed E-state index contributed by atoms with van der Waals surface area (Å²) < 4.78 is 33.3. The van der Waals surface area contributed by atoms with Crippen LogP contribution >= 0.6 is 0 Å². The number of pyridine rings is 1. The SMILES string of the molecule is CC(NC(=O)OC(C)(C)C)c1cccc(-c2cc(C=Cc3ccncc3)cc(COc3ccccc3CC(=O)OC(C)(C)C)c2)c1F. The zero-order valence-corrected chi connectivity index (χ0v) is 28.1. The third-order valence-corrected chi connectivity index (χ3v) is 6.85. The molecule has 1 atom stereocenters. The van der Waals surface area contributed by atoms with Crippen molar-refractivity contribution in [1.29, 1.82) is 0 Å². The Labute approximate surface area is 276 Å². The maximum atomic E-state index is 16.2. The van der Waals surface area contributed by atoms with E-state index >= 15 is 4.39 Å². The molecule has 0 radical (unpaired) electrons. The molecule has 1 amide bonds. The van der Waals surface area contributed by atoms with E-state index < -0.39 is 29.2 Å². The summed E-state index contributed by atoms with van der Waals surface area (Å²) in [7, 11) is 0. The summed E-state index contributed by atoms with van der Waals surface area (Å²) in [5, 5.41) is 2.73. The van der Waals surface area contributed by atoms with Crippen LogP contribution in [0.4, 0.5) is 9.18 Å². The zero-order chi connectivity index (χ0) is 34.2. The highest BCUT2D eigenvalue weighted by Gasteiger charge is 2.22. The number of para-hydroxylation sites is 1. The van der Waals surface area contributed by atoms with Gasteiger partial charge in [0.15, 0.2) is 0 Å². The Balaban J connectivity index is 1.65. The largest absolute Gasteiger partial charge is 0.489 e. The molecule has 1 N–H and O–H groups in total. The molecule has 0 spiro atoms. The van der Waals surface area contributed by atoms with Gasteiger partial charge in [0.25, 0.3) is 0 Å². The third kappa shape index (κ3) is 10.8. The molecule has 246 valence electrons. The Kier molecular flexibility index (Phi) is 11.2. The summed E-state index contributed by atoms with van der Waals surface area (Å²) in [4.78, 5) is 29.1. The smallest absolute Gasteiger partial charge is 0.408 e. The van der Waals surface area contributed by atoms with Gasteiger partial charge in [0.1, 0.15) is 29.4 Å². The number of benzene rings is 3. The molecule has 8 heteroatoms. The van der Waals surface area contributed by atoms with Crippen LogP contribution in [-0.4, -0.2) is 28.2 Å². The number of carbonyl (C=O) groups is 2. The lowest BCUT2D eigenvalue weighted by Gasteiger charge is -2.22. The van der Waals surface area contributed by atoms with Gasteiger partial charge in [-0.1, -0.05) is 48.6 Å². The number of amides is 1. The Hall–Kier alpha value is -4.98. The second kappa shape index (κ2) is 15.1. The van der Waals surface area contributed by atoms with E-state index in [1.165, 1.54) is 0 Å². The average Bonchev–Trinajstić information content (AvgIpc) is 2.98. The van der Waals surface area contributed by atoms with Crippen LogP contribution in [0.5, 0.6) is 5.75 Å². The molecule has 4 aromatic rings. The highest BCUT2D eigenvalue weighted by Crippen LogP contribution is 2.31. The fourth-order valence-corrected chi connectivity index (χ4v) is 4.87. The van der Waals surface area contributed by atoms with Gasteiger partial charge >= 0.3 is 12.1 Å². The first-order valence-electron chi connectivity index (χ1n) is 15.6. The van der Waals surface area contributed by atoms with E-state index in [-0.39, 0.29) is 19.0 Å². The number of nitrogens with zero attached hydrogens (tertiary/aromatic N) is 1. The standard InChI is InChI=1S/C39H43FN2O5/c1-26(42-37(44)47-39(5,6)7)32-12-10-13-33(36(32)40)31-22-28(16-15-27-17-19-41-20-18-27)21-29(23-31)25-45-34-14-9-8-11-30(34)24-35(43)46-38(2,3)4/h8-23,26H,24-25H2,1-7H3,(H,42,44). The number of nitrogens with one attached hydrogen (secondary N) is 1. The van der Waals surface area contributed by atoms with E-state index in [0.29, 0.717) is 28.0 Å². The van der Waals surface area contributed by atoms with Crippen LogP contribution in [0, 0.1) is 5.82 Å². The van der Waals surface area contributed by atoms with Crippen LogP contribution in [0.25, 0.3) is 23.3 Å². The minimum Gasteiger partial charge on any atom is -0.489 e. The van der Waals surface area contributed by atoms with Gasteiger partial charge in [-0.25, -0.2) is 9.18 Å². The highest BCUT2D eigenvalue weighted by molar-refractivity contribution is 5.76. The van der Waals surface area contributed by atoms with Crippen LogP contribution in [-0.2, 0) is 27.3 Å². The first-order valence-corrected chi connectivity index (χ1v) is 15.6. The Morgan fingerprint density at radius 3 is 2.23 bits per heavy atom. The average molecular weight is 639 g/mol. The predicted molar refractivity (Wildman–Crippen MR) is 183 cm³/mol. The van der Waals surface area contributed by atoms with Crippen molar-refractivity contribution in [2.45, 2.75) is 78.7 Å². The quantitative estimate of drug-likeness (QED) is 0.174. The molecular formula is C39H43FN2O5. The third-order valence-electron chi connectivity index (χ3n) is 6.85. The molecule has 1 unspecified atom stereocenters. The lowest BCUT2D eigenvalue weighted by molar-refractivity contribution is -0.153. The summed E-state index contributed by atoms with van der Waals surface area (Å²) in [6.07, 6.45) is 6.80. The number of carbonyl (C=O) groups excluding carboxylic acids is 2. The van der Waals surface area contributed by atoms with Crippen molar-refractivity contribution in [2.75, 3.05) is 0 Å². The summed E-state index contributed by atoms with van der Waals surface area (Å²) in [6.45, 7) is 12.7. The summed E-state index contributed by atoms with van der Waals surface area (Å²) in [5.74, 6) is -0.224. The molecule has 1 heterocycles. The van der Waals surface area contributed by atoms with Crippen molar-refractivity contribution in [3.8, 4) is 16.9 Å². The Bertz CT molecular complexity index is 1720. The van der Waals surface area contributed by atoms with Gasteiger partial charge in [0.2, 0.25) is 0 Å². The van der Waals surface area contributed by atoms with Crippen LogP contribution in [0.1, 0.15) is 82.3 Å². The van der Waals surface area contributed by atoms with Crippen molar-refractivity contribution < 1.29 is 28.2 Å². The monoisotopic (exact) mass is 638 g/mol. The van der Waals surface area contributed by atoms with Crippen molar-refractivity contribution in [2.24, 2.45) is 0 Å². The molecular weight excluding hydrogens is 595 g/mol. The summed E-state index contributed by atoms with van der Waals surface area (Å²) in [6, 6.07) is 21.4. The number of hydrogen-bond acceptors (Lipinski definition) is 6. The first-order chi connectivity index (χ1) is 22.2. The Morgan fingerprint density at radius 2 is 1.53 bits per heavy atom. The number of ether oxygens (including phenoxy) is 3. The molecule has 3 aromatic carbocycles. The van der Waals surface area contributed by atoms with E-state index in [0.717, 1.165) is 16.7 Å². The molecule has 7 nitrogen and oxygen atoms in total. The van der Waals surface area contributed by atoms with Gasteiger partial charge in [-0.3, -0.25) is 9.78 Å². The second-order valence-electron chi connectivity index (χ2n) is 13.3. The van der Waals surface area contributed by atoms with Crippen LogP contribution in [0.2, 0.25) is 0 Å². The summed E-state index contributed by atoms with van der Waals surface area (Å²) >= 11 is 0. The van der Waals surface area contributed by atoms with Gasteiger partial charge in [0.05, 0.1) is 12.5 Å². The number of aromatic nitrogens is 1. The lowest BCUT2D eigenvalue weighted by Crippen LogP contribution is -2.34.